The zero-order valence-electron chi connectivity index (χ0n) is 12.9. The molecule has 0 aliphatic carbocycles. The van der Waals surface area contributed by atoms with Crippen molar-refractivity contribution < 1.29 is 91.6 Å². The fourth-order valence-electron chi connectivity index (χ4n) is 1.75. The largest absolute Gasteiger partial charge is 0.440 e. The molecule has 1 heterocycles. The molecule has 186 valence electrons. The van der Waals surface area contributed by atoms with Gasteiger partial charge in [0.25, 0.3) is 0 Å². The molecule has 0 aromatic heterocycles. The van der Waals surface area contributed by atoms with Gasteiger partial charge in [-0.15, -0.1) is 0 Å². The van der Waals surface area contributed by atoms with Crippen LogP contribution in [0.2, 0.25) is 0 Å². The number of hydrogen-bond donors (Lipinski definition) is 0. The molecule has 1 aliphatic rings. The molecule has 0 saturated carbocycles. The van der Waals surface area contributed by atoms with Gasteiger partial charge in [0, 0.05) is 0 Å². The van der Waals surface area contributed by atoms with Crippen molar-refractivity contribution in [3.8, 4) is 0 Å². The molecule has 31 heavy (non-hydrogen) atoms. The van der Waals surface area contributed by atoms with Gasteiger partial charge in [0.2, 0.25) is 0 Å². The molecule has 1 rings (SSSR count). The summed E-state index contributed by atoms with van der Waals surface area (Å²) >= 11 is 0. The molecule has 0 amide bonds. The zero-order chi connectivity index (χ0) is 25.7. The van der Waals surface area contributed by atoms with Crippen LogP contribution in [0.1, 0.15) is 0 Å². The maximum atomic E-state index is 13.2. The Balaban J connectivity index is 4.32. The SMILES string of the molecule is O=S1(=O)OC(F)(F)C(F)(F)C(F)(F)C(F)(F)C(F)(F)C(F)(F)C(F)(F)C(F)(F)C1(F)F. The Bertz CT molecular complexity index is 841. The van der Waals surface area contributed by atoms with Crippen LogP contribution in [0.4, 0.5) is 79.0 Å². The van der Waals surface area contributed by atoms with E-state index in [-0.39, 0.29) is 0 Å². The van der Waals surface area contributed by atoms with Crippen LogP contribution in [0, 0.1) is 0 Å². The van der Waals surface area contributed by atoms with Gasteiger partial charge in [0.1, 0.15) is 0 Å². The summed E-state index contributed by atoms with van der Waals surface area (Å²) in [5, 5.41) is -8.29. The summed E-state index contributed by atoms with van der Waals surface area (Å²) in [7, 11) is -8.86. The first-order valence-electron chi connectivity index (χ1n) is 6.31. The van der Waals surface area contributed by atoms with Gasteiger partial charge in [-0.1, -0.05) is 0 Å². The van der Waals surface area contributed by atoms with Gasteiger partial charge in [-0.05, 0) is 0 Å². The minimum absolute atomic E-state index is 1.30. The van der Waals surface area contributed by atoms with Gasteiger partial charge in [-0.25, -0.2) is 0 Å². The second-order valence-corrected chi connectivity index (χ2v) is 7.18. The monoisotopic (exact) mass is 530 g/mol. The van der Waals surface area contributed by atoms with E-state index in [2.05, 4.69) is 0 Å². The smallest absolute Gasteiger partial charge is 0.192 e. The number of halogens is 18. The van der Waals surface area contributed by atoms with Crippen LogP contribution >= 0.6 is 0 Å². The second-order valence-electron chi connectivity index (χ2n) is 5.59. The van der Waals surface area contributed by atoms with E-state index < -0.39 is 62.9 Å². The van der Waals surface area contributed by atoms with E-state index in [9.17, 15) is 87.4 Å². The van der Waals surface area contributed by atoms with Crippen LogP contribution in [0.5, 0.6) is 0 Å². The van der Waals surface area contributed by atoms with E-state index >= 15 is 0 Å². The van der Waals surface area contributed by atoms with E-state index in [1.165, 1.54) is 4.18 Å². The number of alkyl halides is 18. The van der Waals surface area contributed by atoms with E-state index in [4.69, 9.17) is 0 Å². The van der Waals surface area contributed by atoms with Crippen molar-refractivity contribution in [2.24, 2.45) is 0 Å². The van der Waals surface area contributed by atoms with Crippen molar-refractivity contribution in [2.45, 2.75) is 52.8 Å². The van der Waals surface area contributed by atoms with Gasteiger partial charge >= 0.3 is 62.9 Å². The maximum absolute atomic E-state index is 13.2. The first-order chi connectivity index (χ1) is 13.0. The van der Waals surface area contributed by atoms with E-state index in [1.807, 2.05) is 0 Å². The van der Waals surface area contributed by atoms with Gasteiger partial charge < -0.3 is 0 Å². The molecule has 0 atom stereocenters. The molecule has 0 bridgehead atoms. The molecule has 3 nitrogen and oxygen atoms in total. The van der Waals surface area contributed by atoms with Crippen molar-refractivity contribution in [1.29, 1.82) is 0 Å². The molecule has 0 spiro atoms. The summed E-state index contributed by atoms with van der Waals surface area (Å²) in [4.78, 5) is 0. The van der Waals surface area contributed by atoms with E-state index in [1.54, 1.807) is 0 Å². The Morgan fingerprint density at radius 1 is 0.387 bits per heavy atom. The second kappa shape index (κ2) is 6.16. The third-order valence-corrected chi connectivity index (χ3v) is 4.94. The predicted molar refractivity (Wildman–Crippen MR) is 54.5 cm³/mol. The van der Waals surface area contributed by atoms with Crippen LogP contribution in [0.25, 0.3) is 0 Å². The highest BCUT2D eigenvalue weighted by Gasteiger charge is 2.98. The Morgan fingerprint density at radius 3 is 0.903 bits per heavy atom. The average molecular weight is 530 g/mol. The molecule has 0 unspecified atom stereocenters. The number of rotatable bonds is 0. The van der Waals surface area contributed by atoms with Gasteiger partial charge in [-0.2, -0.15) is 91.6 Å². The quantitative estimate of drug-likeness (QED) is 0.328. The summed E-state index contributed by atoms with van der Waals surface area (Å²) in [6.07, 6.45) is -8.09. The summed E-state index contributed by atoms with van der Waals surface area (Å²) < 4.78 is 260. The van der Waals surface area contributed by atoms with E-state index in [0.29, 0.717) is 0 Å². The Kier molecular flexibility index (Phi) is 5.50. The van der Waals surface area contributed by atoms with Crippen LogP contribution in [-0.2, 0) is 14.3 Å². The molecule has 0 aromatic carbocycles. The average Bonchev–Trinajstić information content (AvgIpc) is 2.51. The Labute approximate surface area is 156 Å². The van der Waals surface area contributed by atoms with Crippen molar-refractivity contribution in [3.05, 3.63) is 0 Å². The van der Waals surface area contributed by atoms with Gasteiger partial charge in [0.05, 0.1) is 0 Å². The van der Waals surface area contributed by atoms with Crippen molar-refractivity contribution in [1.82, 2.24) is 0 Å². The normalized spacial score (nSPS) is 33.6. The fraction of sp³-hybridized carbons (Fsp3) is 1.00. The first-order valence-corrected chi connectivity index (χ1v) is 7.72. The van der Waals surface area contributed by atoms with Crippen LogP contribution < -0.4 is 0 Å². The third kappa shape index (κ3) is 2.77. The molecular formula is C9F18O3S. The standard InChI is InChI=1S/C9F18O3S/c10-1(11)2(12,13)4(16,17)6(20,21)8(24,25)30-31(28,29)9(26,27)7(22,23)5(18,19)3(1,14)15. The Hall–Kier alpha value is -1.35. The highest BCUT2D eigenvalue weighted by atomic mass is 32.2. The van der Waals surface area contributed by atoms with Gasteiger partial charge in [-0.3, -0.25) is 0 Å². The topological polar surface area (TPSA) is 43.4 Å². The molecule has 0 N–H and O–H groups in total. The van der Waals surface area contributed by atoms with E-state index in [0.717, 1.165) is 0 Å². The third-order valence-electron chi connectivity index (χ3n) is 3.63. The molecule has 0 radical (unpaired) electrons. The number of hydrogen-bond acceptors (Lipinski definition) is 3. The summed E-state index contributed by atoms with van der Waals surface area (Å²) in [5.74, 6) is -61.4. The zero-order valence-corrected chi connectivity index (χ0v) is 13.8. The minimum atomic E-state index is -8.93. The van der Waals surface area contributed by atoms with Crippen molar-refractivity contribution in [3.63, 3.8) is 0 Å². The highest BCUT2D eigenvalue weighted by molar-refractivity contribution is 7.87. The molecule has 1 aliphatic heterocycles. The molecular weight excluding hydrogens is 530 g/mol. The molecule has 1 saturated heterocycles. The van der Waals surface area contributed by atoms with Crippen LogP contribution in [0.15, 0.2) is 0 Å². The van der Waals surface area contributed by atoms with Crippen molar-refractivity contribution >= 4 is 10.1 Å². The lowest BCUT2D eigenvalue weighted by molar-refractivity contribution is -0.465. The highest BCUT2D eigenvalue weighted by Crippen LogP contribution is 2.66. The lowest BCUT2D eigenvalue weighted by Gasteiger charge is -2.42. The van der Waals surface area contributed by atoms with Crippen LogP contribution in [0.3, 0.4) is 0 Å². The molecule has 1 fully saturated rings. The predicted octanol–water partition coefficient (Wildman–Crippen LogP) is 4.98. The molecule has 0 aromatic rings. The van der Waals surface area contributed by atoms with Crippen LogP contribution in [-0.4, -0.2) is 61.2 Å². The lowest BCUT2D eigenvalue weighted by Crippen LogP contribution is -2.75. The minimum Gasteiger partial charge on any atom is -0.192 e. The van der Waals surface area contributed by atoms with Gasteiger partial charge in [0.15, 0.2) is 0 Å². The van der Waals surface area contributed by atoms with Crippen molar-refractivity contribution in [2.75, 3.05) is 0 Å². The fourth-order valence-corrected chi connectivity index (χ4v) is 2.68. The summed E-state index contributed by atoms with van der Waals surface area (Å²) in [6.45, 7) is 0. The lowest BCUT2D eigenvalue weighted by atomic mass is 9.89. The molecule has 22 heteroatoms. The Morgan fingerprint density at radius 2 is 0.613 bits per heavy atom. The maximum Gasteiger partial charge on any atom is 0.440 e. The summed E-state index contributed by atoms with van der Waals surface area (Å²) in [5.41, 5.74) is 0. The summed E-state index contributed by atoms with van der Waals surface area (Å²) in [6, 6.07) is 0. The first kappa shape index (κ1) is 27.7.